The third-order valence-corrected chi connectivity index (χ3v) is 4.98. The Morgan fingerprint density at radius 2 is 2.00 bits per heavy atom. The lowest BCUT2D eigenvalue weighted by Crippen LogP contribution is -2.37. The Morgan fingerprint density at radius 1 is 1.35 bits per heavy atom. The van der Waals surface area contributed by atoms with E-state index in [0.29, 0.717) is 24.7 Å². The number of nitrogen functional groups attached to an aromatic ring is 1. The maximum Gasteiger partial charge on any atom is 0.244 e. The highest BCUT2D eigenvalue weighted by molar-refractivity contribution is 7.89. The van der Waals surface area contributed by atoms with Crippen LogP contribution in [0, 0.1) is 5.92 Å². The molecule has 1 aliphatic heterocycles. The van der Waals surface area contributed by atoms with E-state index in [-0.39, 0.29) is 4.90 Å². The van der Waals surface area contributed by atoms with Crippen LogP contribution in [0.5, 0.6) is 0 Å². The zero-order valence-electron chi connectivity index (χ0n) is 9.83. The number of hydrogen-bond acceptors (Lipinski definition) is 4. The molecule has 0 aliphatic carbocycles. The number of pyridine rings is 1. The fourth-order valence-corrected chi connectivity index (χ4v) is 3.42. The number of rotatable bonds is 2. The van der Waals surface area contributed by atoms with E-state index in [1.807, 2.05) is 0 Å². The van der Waals surface area contributed by atoms with Crippen LogP contribution in [0.1, 0.15) is 19.8 Å². The van der Waals surface area contributed by atoms with Gasteiger partial charge in [0.25, 0.3) is 0 Å². The number of sulfonamides is 1. The molecule has 2 heterocycles. The van der Waals surface area contributed by atoms with Gasteiger partial charge in [-0.3, -0.25) is 4.98 Å². The first kappa shape index (κ1) is 12.3. The Labute approximate surface area is 102 Å². The largest absolute Gasteiger partial charge is 0.397 e. The van der Waals surface area contributed by atoms with Crippen LogP contribution < -0.4 is 5.73 Å². The zero-order valence-corrected chi connectivity index (χ0v) is 10.7. The fourth-order valence-electron chi connectivity index (χ4n) is 1.95. The van der Waals surface area contributed by atoms with Crippen molar-refractivity contribution in [1.82, 2.24) is 9.29 Å². The summed E-state index contributed by atoms with van der Waals surface area (Å²) >= 11 is 0. The molecule has 1 fully saturated rings. The highest BCUT2D eigenvalue weighted by Gasteiger charge is 2.28. The summed E-state index contributed by atoms with van der Waals surface area (Å²) in [5.74, 6) is 0.598. The van der Waals surface area contributed by atoms with E-state index in [0.717, 1.165) is 12.8 Å². The average molecular weight is 255 g/mol. The van der Waals surface area contributed by atoms with Gasteiger partial charge < -0.3 is 5.73 Å². The first-order chi connectivity index (χ1) is 8.00. The molecule has 0 atom stereocenters. The van der Waals surface area contributed by atoms with Crippen molar-refractivity contribution in [2.75, 3.05) is 18.8 Å². The normalized spacial score (nSPS) is 19.4. The van der Waals surface area contributed by atoms with Gasteiger partial charge in [0.15, 0.2) is 0 Å². The highest BCUT2D eigenvalue weighted by Crippen LogP contribution is 2.23. The number of nitrogens with zero attached hydrogens (tertiary/aromatic N) is 2. The van der Waals surface area contributed by atoms with E-state index in [4.69, 9.17) is 5.73 Å². The van der Waals surface area contributed by atoms with Crippen molar-refractivity contribution in [3.63, 3.8) is 0 Å². The van der Waals surface area contributed by atoms with Crippen molar-refractivity contribution in [3.05, 3.63) is 18.5 Å². The Bertz CT molecular complexity index is 493. The van der Waals surface area contributed by atoms with Crippen LogP contribution in [-0.4, -0.2) is 30.8 Å². The summed E-state index contributed by atoms with van der Waals surface area (Å²) in [5, 5.41) is 0. The van der Waals surface area contributed by atoms with Crippen molar-refractivity contribution in [2.24, 2.45) is 5.92 Å². The standard InChI is InChI=1S/C11H17N3O2S/c1-9-2-4-14(5-3-9)17(15,16)11-6-10(12)7-13-8-11/h6-9H,2-5,12H2,1H3. The Balaban J connectivity index is 2.25. The van der Waals surface area contributed by atoms with Crippen LogP contribution in [0.4, 0.5) is 5.69 Å². The van der Waals surface area contributed by atoms with Gasteiger partial charge in [-0.25, -0.2) is 8.42 Å². The molecule has 6 heteroatoms. The van der Waals surface area contributed by atoms with Crippen LogP contribution in [0.3, 0.4) is 0 Å². The minimum Gasteiger partial charge on any atom is -0.397 e. The second-order valence-corrected chi connectivity index (χ2v) is 6.48. The summed E-state index contributed by atoms with van der Waals surface area (Å²) in [6.45, 7) is 3.31. The van der Waals surface area contributed by atoms with E-state index in [2.05, 4.69) is 11.9 Å². The molecule has 1 aliphatic rings. The highest BCUT2D eigenvalue weighted by atomic mass is 32.2. The van der Waals surface area contributed by atoms with Crippen LogP contribution in [0.2, 0.25) is 0 Å². The SMILES string of the molecule is CC1CCN(S(=O)(=O)c2cncc(N)c2)CC1. The van der Waals surface area contributed by atoms with Crippen LogP contribution in [0.15, 0.2) is 23.4 Å². The van der Waals surface area contributed by atoms with Crippen LogP contribution in [0.25, 0.3) is 0 Å². The molecular formula is C11H17N3O2S. The molecule has 94 valence electrons. The molecule has 0 spiro atoms. The molecule has 1 aromatic rings. The molecule has 2 N–H and O–H groups in total. The smallest absolute Gasteiger partial charge is 0.244 e. The second kappa shape index (κ2) is 4.62. The molecule has 2 rings (SSSR count). The van der Waals surface area contributed by atoms with Gasteiger partial charge in [0.05, 0.1) is 5.69 Å². The predicted molar refractivity (Wildman–Crippen MR) is 65.8 cm³/mol. The molecule has 0 radical (unpaired) electrons. The Morgan fingerprint density at radius 3 is 2.59 bits per heavy atom. The van der Waals surface area contributed by atoms with Gasteiger partial charge in [-0.2, -0.15) is 4.31 Å². The summed E-state index contributed by atoms with van der Waals surface area (Å²) < 4.78 is 26.1. The first-order valence-electron chi connectivity index (χ1n) is 5.71. The van der Waals surface area contributed by atoms with Crippen molar-refractivity contribution in [2.45, 2.75) is 24.7 Å². The van der Waals surface area contributed by atoms with Gasteiger partial charge in [-0.05, 0) is 24.8 Å². The fraction of sp³-hybridized carbons (Fsp3) is 0.545. The van der Waals surface area contributed by atoms with Gasteiger partial charge >= 0.3 is 0 Å². The first-order valence-corrected chi connectivity index (χ1v) is 7.15. The summed E-state index contributed by atoms with van der Waals surface area (Å²) in [7, 11) is -3.42. The van der Waals surface area contributed by atoms with Gasteiger partial charge in [0.1, 0.15) is 4.90 Å². The molecule has 0 bridgehead atoms. The van der Waals surface area contributed by atoms with E-state index >= 15 is 0 Å². The molecule has 17 heavy (non-hydrogen) atoms. The molecule has 5 nitrogen and oxygen atoms in total. The van der Waals surface area contributed by atoms with Crippen LogP contribution >= 0.6 is 0 Å². The van der Waals surface area contributed by atoms with Crippen molar-refractivity contribution in [3.8, 4) is 0 Å². The number of nitrogens with two attached hydrogens (primary N) is 1. The predicted octanol–water partition coefficient (Wildman–Crippen LogP) is 1.08. The summed E-state index contributed by atoms with van der Waals surface area (Å²) in [5.41, 5.74) is 5.93. The molecule has 0 aromatic carbocycles. The summed E-state index contributed by atoms with van der Waals surface area (Å²) in [6.07, 6.45) is 4.62. The van der Waals surface area contributed by atoms with Crippen molar-refractivity contribution >= 4 is 15.7 Å². The van der Waals surface area contributed by atoms with Gasteiger partial charge in [0.2, 0.25) is 10.0 Å². The van der Waals surface area contributed by atoms with E-state index < -0.39 is 10.0 Å². The maximum atomic E-state index is 12.3. The third kappa shape index (κ3) is 2.58. The lowest BCUT2D eigenvalue weighted by Gasteiger charge is -2.29. The third-order valence-electron chi connectivity index (χ3n) is 3.11. The number of anilines is 1. The quantitative estimate of drug-likeness (QED) is 0.858. The Kier molecular flexibility index (Phi) is 3.35. The van der Waals surface area contributed by atoms with Gasteiger partial charge in [-0.15, -0.1) is 0 Å². The zero-order chi connectivity index (χ0) is 12.5. The average Bonchev–Trinajstić information content (AvgIpc) is 2.29. The molecule has 1 saturated heterocycles. The number of hydrogen-bond donors (Lipinski definition) is 1. The molecule has 0 unspecified atom stereocenters. The van der Waals surface area contributed by atoms with Gasteiger partial charge in [0, 0.05) is 25.5 Å². The second-order valence-electron chi connectivity index (χ2n) is 4.54. The molecule has 0 saturated carbocycles. The Hall–Kier alpha value is -1.14. The minimum absolute atomic E-state index is 0.187. The summed E-state index contributed by atoms with van der Waals surface area (Å²) in [4.78, 5) is 4.02. The molecular weight excluding hydrogens is 238 g/mol. The van der Waals surface area contributed by atoms with Crippen molar-refractivity contribution in [1.29, 1.82) is 0 Å². The lowest BCUT2D eigenvalue weighted by molar-refractivity contribution is 0.288. The monoisotopic (exact) mass is 255 g/mol. The molecule has 1 aromatic heterocycles. The minimum atomic E-state index is -3.42. The van der Waals surface area contributed by atoms with E-state index in [9.17, 15) is 8.42 Å². The van der Waals surface area contributed by atoms with Crippen LogP contribution in [-0.2, 0) is 10.0 Å². The van der Waals surface area contributed by atoms with E-state index in [1.165, 1.54) is 22.8 Å². The van der Waals surface area contributed by atoms with Crippen molar-refractivity contribution < 1.29 is 8.42 Å². The number of aromatic nitrogens is 1. The summed E-state index contributed by atoms with van der Waals surface area (Å²) in [6, 6.07) is 1.46. The lowest BCUT2D eigenvalue weighted by atomic mass is 10.0. The topological polar surface area (TPSA) is 76.3 Å². The van der Waals surface area contributed by atoms with E-state index in [1.54, 1.807) is 0 Å². The number of piperidine rings is 1. The molecule has 0 amide bonds. The van der Waals surface area contributed by atoms with Gasteiger partial charge in [-0.1, -0.05) is 6.92 Å². The maximum absolute atomic E-state index is 12.3.